The number of hydrogen-bond donors (Lipinski definition) is 4. The standard InChI is InChI=1S/C25H39NO5.C19H33NO2/c1-5-6-7-8-9-10-11-23-12-14-24(15-13-23)16-17-25(26-20(2)27,18-30-21(3)28)19-31-22(4)29;1-2-3-4-5-6-7-8-17-9-11-18(12-10-17)13-14-19(20,15-21)16-22/h12-15H,5-11,16-19H2,1-4H3,(H,26,27);9-12,21-22H,2-8,13-16,20H2,1H3. The first-order valence-electron chi connectivity index (χ1n) is 20.1. The van der Waals surface area contributed by atoms with Gasteiger partial charge < -0.3 is 30.7 Å². The largest absolute Gasteiger partial charge is 0.463 e. The Morgan fingerprint density at radius 1 is 0.566 bits per heavy atom. The normalized spacial score (nSPS) is 11.4. The zero-order chi connectivity index (χ0) is 39.4. The van der Waals surface area contributed by atoms with E-state index in [1.54, 1.807) is 0 Å². The Balaban J connectivity index is 0.000000561. The minimum Gasteiger partial charge on any atom is -0.463 e. The topological polar surface area (TPSA) is 148 Å². The molecule has 0 aliphatic carbocycles. The number of nitrogens with two attached hydrogens (primary N) is 1. The van der Waals surface area contributed by atoms with Gasteiger partial charge in [0.05, 0.1) is 18.8 Å². The maximum Gasteiger partial charge on any atom is 0.302 e. The van der Waals surface area contributed by atoms with Crippen LogP contribution in [0.4, 0.5) is 0 Å². The minimum atomic E-state index is -0.958. The maximum absolute atomic E-state index is 11.8. The van der Waals surface area contributed by atoms with E-state index in [2.05, 4.69) is 67.7 Å². The van der Waals surface area contributed by atoms with Crippen LogP contribution in [0.15, 0.2) is 48.5 Å². The fourth-order valence-corrected chi connectivity index (χ4v) is 6.12. The first-order chi connectivity index (χ1) is 25.4. The van der Waals surface area contributed by atoms with E-state index in [9.17, 15) is 24.6 Å². The molecule has 0 aliphatic heterocycles. The fraction of sp³-hybridized carbons (Fsp3) is 0.659. The zero-order valence-corrected chi connectivity index (χ0v) is 33.7. The van der Waals surface area contributed by atoms with Crippen molar-refractivity contribution in [2.45, 2.75) is 161 Å². The minimum absolute atomic E-state index is 0.0503. The van der Waals surface area contributed by atoms with E-state index in [1.807, 2.05) is 0 Å². The zero-order valence-electron chi connectivity index (χ0n) is 33.7. The number of amides is 1. The van der Waals surface area contributed by atoms with Crippen molar-refractivity contribution in [2.24, 2.45) is 5.73 Å². The Bertz CT molecular complexity index is 1240. The molecule has 0 saturated heterocycles. The van der Waals surface area contributed by atoms with Crippen LogP contribution in [-0.2, 0) is 49.5 Å². The van der Waals surface area contributed by atoms with Crippen LogP contribution in [0.2, 0.25) is 0 Å². The molecule has 2 aromatic carbocycles. The molecule has 2 rings (SSSR count). The molecule has 0 heterocycles. The second-order valence-corrected chi connectivity index (χ2v) is 14.9. The van der Waals surface area contributed by atoms with E-state index in [4.69, 9.17) is 15.2 Å². The molecular weight excluding hydrogens is 668 g/mol. The van der Waals surface area contributed by atoms with Crippen LogP contribution in [-0.4, -0.2) is 65.6 Å². The van der Waals surface area contributed by atoms with Crippen molar-refractivity contribution in [3.05, 3.63) is 70.8 Å². The summed E-state index contributed by atoms with van der Waals surface area (Å²) in [5.74, 6) is -1.17. The molecule has 0 spiro atoms. The molecule has 1 amide bonds. The van der Waals surface area contributed by atoms with E-state index in [0.717, 1.165) is 24.8 Å². The molecule has 0 bridgehead atoms. The highest BCUT2D eigenvalue weighted by atomic mass is 16.5. The monoisotopic (exact) mass is 741 g/mol. The quantitative estimate of drug-likeness (QED) is 0.0538. The summed E-state index contributed by atoms with van der Waals surface area (Å²) in [5, 5.41) is 21.2. The second-order valence-electron chi connectivity index (χ2n) is 14.9. The number of aryl methyl sites for hydroxylation is 4. The third-order valence-electron chi connectivity index (χ3n) is 9.66. The van der Waals surface area contributed by atoms with Crippen LogP contribution < -0.4 is 11.1 Å². The smallest absolute Gasteiger partial charge is 0.302 e. The third-order valence-corrected chi connectivity index (χ3v) is 9.66. The van der Waals surface area contributed by atoms with E-state index in [-0.39, 0.29) is 32.3 Å². The number of aliphatic hydroxyl groups is 2. The number of nitrogens with one attached hydrogen (secondary N) is 1. The molecule has 2 aromatic rings. The molecule has 0 aromatic heterocycles. The number of hydrogen-bond acceptors (Lipinski definition) is 8. The van der Waals surface area contributed by atoms with Gasteiger partial charge in [0.15, 0.2) is 0 Å². The molecule has 5 N–H and O–H groups in total. The average molecular weight is 741 g/mol. The Hall–Kier alpha value is -3.27. The molecule has 0 radical (unpaired) electrons. The summed E-state index contributed by atoms with van der Waals surface area (Å²) in [6, 6.07) is 17.2. The summed E-state index contributed by atoms with van der Waals surface area (Å²) >= 11 is 0. The van der Waals surface area contributed by atoms with Gasteiger partial charge in [-0.05, 0) is 73.6 Å². The Labute approximate surface area is 320 Å². The summed E-state index contributed by atoms with van der Waals surface area (Å²) in [4.78, 5) is 34.5. The molecule has 9 nitrogen and oxygen atoms in total. The SMILES string of the molecule is CCCCCCCCc1ccc(CCC(COC(C)=O)(COC(C)=O)NC(C)=O)cc1.CCCCCCCCc1ccc(CCC(N)(CO)CO)cc1. The molecule has 0 atom stereocenters. The summed E-state index contributed by atoms with van der Waals surface area (Å²) in [5.41, 5.74) is 9.11. The Morgan fingerprint density at radius 3 is 1.25 bits per heavy atom. The predicted molar refractivity (Wildman–Crippen MR) is 215 cm³/mol. The summed E-state index contributed by atoms with van der Waals surface area (Å²) < 4.78 is 10.4. The van der Waals surface area contributed by atoms with Gasteiger partial charge in [-0.2, -0.15) is 0 Å². The Morgan fingerprint density at radius 2 is 0.906 bits per heavy atom. The number of esters is 2. The lowest BCUT2D eigenvalue weighted by molar-refractivity contribution is -0.150. The molecule has 300 valence electrons. The molecular formula is C44H72N2O7. The van der Waals surface area contributed by atoms with E-state index < -0.39 is 23.0 Å². The van der Waals surface area contributed by atoms with Gasteiger partial charge in [0.1, 0.15) is 18.8 Å². The van der Waals surface area contributed by atoms with Gasteiger partial charge in [-0.3, -0.25) is 14.4 Å². The first-order valence-corrected chi connectivity index (χ1v) is 20.1. The van der Waals surface area contributed by atoms with Gasteiger partial charge in [-0.15, -0.1) is 0 Å². The lowest BCUT2D eigenvalue weighted by atomic mass is 9.91. The molecule has 0 unspecified atom stereocenters. The van der Waals surface area contributed by atoms with Gasteiger partial charge in [0.2, 0.25) is 5.91 Å². The highest BCUT2D eigenvalue weighted by Crippen LogP contribution is 2.19. The number of carbonyl (C=O) groups excluding carboxylic acids is 3. The van der Waals surface area contributed by atoms with Gasteiger partial charge >= 0.3 is 11.9 Å². The second kappa shape index (κ2) is 28.2. The number of carbonyl (C=O) groups is 3. The molecule has 9 heteroatoms. The predicted octanol–water partition coefficient (Wildman–Crippen LogP) is 7.73. The number of ether oxygens (including phenoxy) is 2. The van der Waals surface area contributed by atoms with E-state index >= 15 is 0 Å². The van der Waals surface area contributed by atoms with Crippen molar-refractivity contribution in [2.75, 3.05) is 26.4 Å². The Kier molecular flexibility index (Phi) is 25.4. The molecule has 0 fully saturated rings. The van der Waals surface area contributed by atoms with Gasteiger partial charge in [0.25, 0.3) is 0 Å². The van der Waals surface area contributed by atoms with Gasteiger partial charge in [-0.25, -0.2) is 0 Å². The summed E-state index contributed by atoms with van der Waals surface area (Å²) in [6.07, 6.45) is 20.4. The van der Waals surface area contributed by atoms with Crippen LogP contribution >= 0.6 is 0 Å². The lowest BCUT2D eigenvalue weighted by Gasteiger charge is -2.33. The maximum atomic E-state index is 11.8. The van der Waals surface area contributed by atoms with Gasteiger partial charge in [-0.1, -0.05) is 127 Å². The number of aliphatic hydroxyl groups excluding tert-OH is 2. The van der Waals surface area contributed by atoms with E-state index in [0.29, 0.717) is 19.3 Å². The van der Waals surface area contributed by atoms with Crippen molar-refractivity contribution in [1.29, 1.82) is 0 Å². The number of benzene rings is 2. The fourth-order valence-electron chi connectivity index (χ4n) is 6.12. The van der Waals surface area contributed by atoms with Crippen molar-refractivity contribution in [3.8, 4) is 0 Å². The highest BCUT2D eigenvalue weighted by Gasteiger charge is 2.34. The third kappa shape index (κ3) is 23.2. The molecule has 53 heavy (non-hydrogen) atoms. The lowest BCUT2D eigenvalue weighted by Crippen LogP contribution is -2.55. The van der Waals surface area contributed by atoms with Crippen LogP contribution in [0.1, 0.15) is 147 Å². The van der Waals surface area contributed by atoms with Crippen molar-refractivity contribution >= 4 is 17.8 Å². The molecule has 0 aliphatic rings. The molecule has 0 saturated carbocycles. The van der Waals surface area contributed by atoms with Crippen LogP contribution in [0.5, 0.6) is 0 Å². The van der Waals surface area contributed by atoms with Crippen molar-refractivity contribution in [1.82, 2.24) is 5.32 Å². The van der Waals surface area contributed by atoms with Crippen LogP contribution in [0, 0.1) is 0 Å². The summed E-state index contributed by atoms with van der Waals surface area (Å²) in [6.45, 7) is 8.04. The average Bonchev–Trinajstić information content (AvgIpc) is 3.15. The van der Waals surface area contributed by atoms with Crippen molar-refractivity contribution < 1.29 is 34.1 Å². The van der Waals surface area contributed by atoms with Crippen LogP contribution in [0.25, 0.3) is 0 Å². The number of rotatable bonds is 27. The van der Waals surface area contributed by atoms with Crippen molar-refractivity contribution in [3.63, 3.8) is 0 Å². The first kappa shape index (κ1) is 47.8. The van der Waals surface area contributed by atoms with E-state index in [1.165, 1.54) is 115 Å². The number of unbranched alkanes of at least 4 members (excludes halogenated alkanes) is 10. The van der Waals surface area contributed by atoms with Gasteiger partial charge in [0, 0.05) is 20.8 Å². The highest BCUT2D eigenvalue weighted by molar-refractivity contribution is 5.74. The van der Waals surface area contributed by atoms with Crippen LogP contribution in [0.3, 0.4) is 0 Å². The summed E-state index contributed by atoms with van der Waals surface area (Å²) in [7, 11) is 0.